The van der Waals surface area contributed by atoms with Crippen LogP contribution in [0.4, 0.5) is 5.69 Å². The van der Waals surface area contributed by atoms with Crippen LogP contribution in [-0.4, -0.2) is 21.0 Å². The Morgan fingerprint density at radius 3 is 1.24 bits per heavy atom. The second-order valence-corrected chi connectivity index (χ2v) is 20.2. The molecule has 5 rings (SSSR count). The molecular weight excluding hydrogens is 563 g/mol. The number of aryl methyl sites for hydroxylation is 3. The molecule has 5 aromatic rings. The molecular formula is C34H33NP2Se. The Morgan fingerprint density at radius 2 is 0.868 bits per heavy atom. The summed E-state index contributed by atoms with van der Waals surface area (Å²) in [6, 6.07) is 48.7. The van der Waals surface area contributed by atoms with Crippen LogP contribution in [0.25, 0.3) is 0 Å². The molecule has 0 saturated carbocycles. The van der Waals surface area contributed by atoms with Crippen LogP contribution in [0.5, 0.6) is 0 Å². The molecule has 0 fully saturated rings. The number of hydrogen-bond donors (Lipinski definition) is 0. The van der Waals surface area contributed by atoms with Crippen LogP contribution in [0.1, 0.15) is 16.7 Å². The van der Waals surface area contributed by atoms with Crippen molar-refractivity contribution >= 4 is 54.6 Å². The zero-order valence-corrected chi connectivity index (χ0v) is 25.7. The molecule has 0 unspecified atom stereocenters. The van der Waals surface area contributed by atoms with Crippen molar-refractivity contribution in [3.63, 3.8) is 0 Å². The van der Waals surface area contributed by atoms with Crippen molar-refractivity contribution in [1.29, 1.82) is 0 Å². The van der Waals surface area contributed by atoms with Crippen LogP contribution < -0.4 is 21.2 Å². The number of rotatable bonds is 7. The number of nitrogens with zero attached hydrogens (tertiary/aromatic N) is 1. The van der Waals surface area contributed by atoms with Crippen LogP contribution in [0.2, 0.25) is 0 Å². The maximum absolute atomic E-state index is 5.93. The normalized spacial score (nSPS) is 11.8. The van der Waals surface area contributed by atoms with E-state index < -0.39 is 12.6 Å². The Balaban J connectivity index is 1.90. The van der Waals surface area contributed by atoms with Gasteiger partial charge in [-0.15, -0.1) is 0 Å². The monoisotopic (exact) mass is 597 g/mol. The van der Waals surface area contributed by atoms with E-state index in [4.69, 9.17) is 4.74 Å². The fraction of sp³-hybridized carbons (Fsp3) is 0.118. The SMILES string of the molecule is Cc1cc(C)c(N=P(CP(=[Se])(c2ccccc2)c2ccccc2)(c2ccccc2)c2ccccc2)c(C)c1. The van der Waals surface area contributed by atoms with E-state index in [1.54, 1.807) is 0 Å². The van der Waals surface area contributed by atoms with Crippen molar-refractivity contribution < 1.29 is 0 Å². The molecule has 0 aliphatic rings. The van der Waals surface area contributed by atoms with E-state index in [9.17, 15) is 0 Å². The van der Waals surface area contributed by atoms with Crippen molar-refractivity contribution in [3.8, 4) is 0 Å². The summed E-state index contributed by atoms with van der Waals surface area (Å²) in [7, 11) is -2.30. The third kappa shape index (κ3) is 5.38. The molecule has 0 atom stereocenters. The van der Waals surface area contributed by atoms with Gasteiger partial charge in [-0.25, -0.2) is 0 Å². The van der Waals surface area contributed by atoms with E-state index in [0.717, 1.165) is 11.6 Å². The second kappa shape index (κ2) is 11.6. The van der Waals surface area contributed by atoms with Gasteiger partial charge in [0.2, 0.25) is 0 Å². The number of benzene rings is 5. The Kier molecular flexibility index (Phi) is 8.18. The van der Waals surface area contributed by atoms with E-state index in [1.807, 2.05) is 0 Å². The third-order valence-corrected chi connectivity index (χ3v) is 20.2. The Hall–Kier alpha value is -2.72. The van der Waals surface area contributed by atoms with Crippen LogP contribution >= 0.6 is 12.6 Å². The molecule has 0 amide bonds. The summed E-state index contributed by atoms with van der Waals surface area (Å²) in [5.74, 6) is 0.939. The van der Waals surface area contributed by atoms with E-state index in [1.165, 1.54) is 37.9 Å². The van der Waals surface area contributed by atoms with Crippen molar-refractivity contribution in [1.82, 2.24) is 0 Å². The summed E-state index contributed by atoms with van der Waals surface area (Å²) >= 11 is 3.82. The summed E-state index contributed by atoms with van der Waals surface area (Å²) < 4.78 is 5.93. The standard InChI is InChI=1S/C34H33NP2Se/c1-27-24-28(2)34(29(3)25-27)35-36(30-16-8-4-9-17-30,31-18-10-5-11-19-31)26-37(38,32-20-12-6-13-21-32)33-22-14-7-15-23-33/h4-25H,26H2,1-3H3. The van der Waals surface area contributed by atoms with Crippen LogP contribution in [0.15, 0.2) is 138 Å². The first-order chi connectivity index (χ1) is 18.4. The molecule has 0 radical (unpaired) electrons. The minimum atomic E-state index is -2.30. The minimum absolute atomic E-state index is 0.939. The Labute approximate surface area is 235 Å². The van der Waals surface area contributed by atoms with Crippen LogP contribution in [0.3, 0.4) is 0 Å². The molecule has 0 bridgehead atoms. The molecule has 0 spiro atoms. The quantitative estimate of drug-likeness (QED) is 0.134. The summed E-state index contributed by atoms with van der Waals surface area (Å²) in [6.45, 7) is 6.58. The van der Waals surface area contributed by atoms with Crippen molar-refractivity contribution in [2.75, 3.05) is 5.90 Å². The summed E-state index contributed by atoms with van der Waals surface area (Å²) in [4.78, 5) is 0. The summed E-state index contributed by atoms with van der Waals surface area (Å²) in [6.07, 6.45) is 0. The molecule has 1 nitrogen and oxygen atoms in total. The van der Waals surface area contributed by atoms with Crippen molar-refractivity contribution in [2.24, 2.45) is 4.74 Å². The van der Waals surface area contributed by atoms with E-state index >= 15 is 0 Å². The van der Waals surface area contributed by atoms with Crippen molar-refractivity contribution in [2.45, 2.75) is 20.8 Å². The average Bonchev–Trinajstić information content (AvgIpc) is 2.96. The van der Waals surface area contributed by atoms with E-state index in [0.29, 0.717) is 0 Å². The maximum atomic E-state index is 5.93. The molecule has 0 aromatic heterocycles. The van der Waals surface area contributed by atoms with Gasteiger partial charge in [-0.2, -0.15) is 0 Å². The fourth-order valence-corrected chi connectivity index (χ4v) is 19.2. The third-order valence-electron chi connectivity index (χ3n) is 7.02. The van der Waals surface area contributed by atoms with Gasteiger partial charge in [-0.3, -0.25) is 0 Å². The molecule has 0 aliphatic heterocycles. The van der Waals surface area contributed by atoms with Gasteiger partial charge in [-0.1, -0.05) is 0 Å². The van der Waals surface area contributed by atoms with E-state index in [-0.39, 0.29) is 0 Å². The van der Waals surface area contributed by atoms with Gasteiger partial charge in [0, 0.05) is 0 Å². The predicted octanol–water partition coefficient (Wildman–Crippen LogP) is 7.81. The molecule has 0 N–H and O–H groups in total. The average molecular weight is 597 g/mol. The van der Waals surface area contributed by atoms with Crippen LogP contribution in [-0.2, 0) is 0 Å². The van der Waals surface area contributed by atoms with Crippen LogP contribution in [0, 0.1) is 20.8 Å². The van der Waals surface area contributed by atoms with Gasteiger partial charge >= 0.3 is 236 Å². The molecule has 0 saturated heterocycles. The Morgan fingerprint density at radius 1 is 0.526 bits per heavy atom. The first kappa shape index (κ1) is 26.9. The molecule has 4 heteroatoms. The molecule has 5 aromatic carbocycles. The van der Waals surface area contributed by atoms with E-state index in [2.05, 4.69) is 169 Å². The summed E-state index contributed by atoms with van der Waals surface area (Å²) in [5, 5.41) is 5.37. The topological polar surface area (TPSA) is 12.4 Å². The Bertz CT molecular complexity index is 1520. The van der Waals surface area contributed by atoms with Crippen molar-refractivity contribution in [3.05, 3.63) is 150 Å². The number of hydrogen-bond acceptors (Lipinski definition) is 1. The first-order valence-electron chi connectivity index (χ1n) is 12.9. The van der Waals surface area contributed by atoms with Gasteiger partial charge < -0.3 is 0 Å². The zero-order valence-electron chi connectivity index (χ0n) is 22.2. The molecule has 0 aliphatic carbocycles. The summed E-state index contributed by atoms with van der Waals surface area (Å²) in [5.41, 5.74) is 2.91. The molecule has 190 valence electrons. The van der Waals surface area contributed by atoms with Gasteiger partial charge in [0.25, 0.3) is 0 Å². The zero-order chi connectivity index (χ0) is 26.6. The second-order valence-electron chi connectivity index (χ2n) is 9.84. The van der Waals surface area contributed by atoms with Gasteiger partial charge in [0.15, 0.2) is 0 Å². The molecule has 38 heavy (non-hydrogen) atoms. The van der Waals surface area contributed by atoms with Gasteiger partial charge in [0.05, 0.1) is 0 Å². The predicted molar refractivity (Wildman–Crippen MR) is 172 cm³/mol. The van der Waals surface area contributed by atoms with Gasteiger partial charge in [-0.05, 0) is 0 Å². The fourth-order valence-electron chi connectivity index (χ4n) is 5.25. The molecule has 0 heterocycles. The van der Waals surface area contributed by atoms with Gasteiger partial charge in [0.1, 0.15) is 0 Å². The first-order valence-corrected chi connectivity index (χ1v) is 19.0.